The topological polar surface area (TPSA) is 60.2 Å². The second kappa shape index (κ2) is 4.52. The fourth-order valence-corrected chi connectivity index (χ4v) is 3.11. The van der Waals surface area contributed by atoms with E-state index in [1.54, 1.807) is 18.2 Å². The van der Waals surface area contributed by atoms with Gasteiger partial charge in [0, 0.05) is 10.5 Å². The van der Waals surface area contributed by atoms with Crippen LogP contribution in [0.4, 0.5) is 0 Å². The first-order chi connectivity index (χ1) is 8.00. The van der Waals surface area contributed by atoms with E-state index in [0.29, 0.717) is 10.5 Å². The van der Waals surface area contributed by atoms with Crippen LogP contribution in [0.1, 0.15) is 0 Å². The summed E-state index contributed by atoms with van der Waals surface area (Å²) >= 11 is 4.15. The summed E-state index contributed by atoms with van der Waals surface area (Å²) in [6, 6.07) is 14.3. The lowest BCUT2D eigenvalue weighted by Gasteiger charge is -2.10. The molecule has 0 unspecified atom stereocenters. The lowest BCUT2D eigenvalue weighted by Crippen LogP contribution is -2.14. The summed E-state index contributed by atoms with van der Waals surface area (Å²) in [5.41, 5.74) is 1.37. The molecule has 0 aliphatic heterocycles. The van der Waals surface area contributed by atoms with Gasteiger partial charge in [-0.15, -0.1) is 12.6 Å². The number of hydrogen-bond acceptors (Lipinski definition) is 3. The molecule has 0 aliphatic carbocycles. The van der Waals surface area contributed by atoms with Gasteiger partial charge >= 0.3 is 0 Å². The first-order valence-corrected chi connectivity index (χ1v) is 6.90. The zero-order valence-corrected chi connectivity index (χ0v) is 10.6. The van der Waals surface area contributed by atoms with E-state index in [-0.39, 0.29) is 4.90 Å². The second-order valence-corrected chi connectivity index (χ2v) is 5.54. The van der Waals surface area contributed by atoms with Crippen LogP contribution in [0.15, 0.2) is 58.3 Å². The van der Waals surface area contributed by atoms with Gasteiger partial charge in [-0.2, -0.15) is 0 Å². The van der Waals surface area contributed by atoms with Crippen molar-refractivity contribution >= 4 is 22.7 Å². The summed E-state index contributed by atoms with van der Waals surface area (Å²) in [5.74, 6) is 0. The molecule has 0 saturated carbocycles. The Morgan fingerprint density at radius 3 is 2.18 bits per heavy atom. The predicted octanol–water partition coefficient (Wildman–Crippen LogP) is 2.29. The molecular weight excluding hydrogens is 254 g/mol. The summed E-state index contributed by atoms with van der Waals surface area (Å²) in [4.78, 5) is 0.420. The maximum absolute atomic E-state index is 11.6. The lowest BCUT2D eigenvalue weighted by molar-refractivity contribution is 0.596. The lowest BCUT2D eigenvalue weighted by atomic mass is 10.1. The third-order valence-electron chi connectivity index (χ3n) is 2.36. The molecule has 0 spiro atoms. The average Bonchev–Trinajstić information content (AvgIpc) is 2.28. The van der Waals surface area contributed by atoms with Gasteiger partial charge in [-0.3, -0.25) is 0 Å². The molecule has 0 bridgehead atoms. The van der Waals surface area contributed by atoms with Gasteiger partial charge in [0.2, 0.25) is 10.0 Å². The fraction of sp³-hybridized carbons (Fsp3) is 0. The van der Waals surface area contributed by atoms with E-state index >= 15 is 0 Å². The van der Waals surface area contributed by atoms with Crippen molar-refractivity contribution in [2.45, 2.75) is 9.79 Å². The fourth-order valence-electron chi connectivity index (χ4n) is 1.67. The molecule has 0 radical (unpaired) electrons. The third-order valence-corrected chi connectivity index (χ3v) is 3.90. The molecule has 3 nitrogen and oxygen atoms in total. The molecule has 2 N–H and O–H groups in total. The number of nitrogens with two attached hydrogens (primary N) is 1. The molecule has 0 amide bonds. The van der Waals surface area contributed by atoms with Crippen molar-refractivity contribution in [3.8, 4) is 11.1 Å². The zero-order valence-electron chi connectivity index (χ0n) is 8.87. The molecule has 0 heterocycles. The van der Waals surface area contributed by atoms with Crippen LogP contribution in [-0.4, -0.2) is 8.42 Å². The molecule has 2 aromatic carbocycles. The van der Waals surface area contributed by atoms with Crippen molar-refractivity contribution < 1.29 is 8.42 Å². The Kier molecular flexibility index (Phi) is 3.24. The first-order valence-electron chi connectivity index (χ1n) is 4.90. The highest BCUT2D eigenvalue weighted by Crippen LogP contribution is 2.30. The molecule has 2 aromatic rings. The minimum atomic E-state index is -3.79. The van der Waals surface area contributed by atoms with Gasteiger partial charge < -0.3 is 0 Å². The van der Waals surface area contributed by atoms with Crippen LogP contribution in [-0.2, 0) is 10.0 Å². The highest BCUT2D eigenvalue weighted by atomic mass is 32.2. The number of thiol groups is 1. The Morgan fingerprint density at radius 1 is 0.941 bits per heavy atom. The Morgan fingerprint density at radius 2 is 1.59 bits per heavy atom. The van der Waals surface area contributed by atoms with E-state index in [1.165, 1.54) is 0 Å². The van der Waals surface area contributed by atoms with Crippen LogP contribution in [0.3, 0.4) is 0 Å². The Bertz CT molecular complexity index is 637. The Hall–Kier alpha value is -1.30. The predicted molar refractivity (Wildman–Crippen MR) is 70.5 cm³/mol. The van der Waals surface area contributed by atoms with Crippen LogP contribution in [0.5, 0.6) is 0 Å². The summed E-state index contributed by atoms with van der Waals surface area (Å²) in [6.45, 7) is 0. The van der Waals surface area contributed by atoms with Crippen molar-refractivity contribution in [1.29, 1.82) is 0 Å². The standard InChI is InChI=1S/C12H11NO2S2/c13-17(14,15)12-10(7-4-8-11(12)16)9-5-2-1-3-6-9/h1-8,16H,(H2,13,14,15). The van der Waals surface area contributed by atoms with Gasteiger partial charge in [0.05, 0.1) is 0 Å². The van der Waals surface area contributed by atoms with E-state index in [9.17, 15) is 8.42 Å². The highest BCUT2D eigenvalue weighted by Gasteiger charge is 2.17. The minimum Gasteiger partial charge on any atom is -0.225 e. The van der Waals surface area contributed by atoms with E-state index in [2.05, 4.69) is 12.6 Å². The van der Waals surface area contributed by atoms with E-state index in [4.69, 9.17) is 5.14 Å². The minimum absolute atomic E-state index is 0.0644. The van der Waals surface area contributed by atoms with Crippen molar-refractivity contribution in [3.63, 3.8) is 0 Å². The van der Waals surface area contributed by atoms with Crippen molar-refractivity contribution in [2.75, 3.05) is 0 Å². The van der Waals surface area contributed by atoms with Crippen LogP contribution < -0.4 is 5.14 Å². The van der Waals surface area contributed by atoms with Gasteiger partial charge in [0.25, 0.3) is 0 Å². The van der Waals surface area contributed by atoms with Crippen molar-refractivity contribution in [1.82, 2.24) is 0 Å². The number of sulfonamides is 1. The Balaban J connectivity index is 2.76. The van der Waals surface area contributed by atoms with Crippen LogP contribution in [0.25, 0.3) is 11.1 Å². The quantitative estimate of drug-likeness (QED) is 0.818. The van der Waals surface area contributed by atoms with E-state index < -0.39 is 10.0 Å². The Labute approximate surface area is 106 Å². The van der Waals surface area contributed by atoms with E-state index in [0.717, 1.165) is 5.56 Å². The average molecular weight is 265 g/mol. The maximum atomic E-state index is 11.6. The van der Waals surface area contributed by atoms with Gasteiger partial charge in [-0.1, -0.05) is 42.5 Å². The third kappa shape index (κ3) is 2.52. The summed E-state index contributed by atoms with van der Waals surface area (Å²) in [7, 11) is -3.79. The van der Waals surface area contributed by atoms with Crippen LogP contribution >= 0.6 is 12.6 Å². The van der Waals surface area contributed by atoms with Gasteiger partial charge in [-0.25, -0.2) is 13.6 Å². The molecule has 0 aliphatic rings. The SMILES string of the molecule is NS(=O)(=O)c1c(S)cccc1-c1ccccc1. The molecule has 5 heteroatoms. The number of primary sulfonamides is 1. The normalized spacial score (nSPS) is 11.4. The summed E-state index contributed by atoms with van der Waals surface area (Å²) in [5, 5.41) is 5.22. The number of hydrogen-bond donors (Lipinski definition) is 2. The molecule has 0 saturated heterocycles. The zero-order chi connectivity index (χ0) is 12.5. The number of rotatable bonds is 2. The molecule has 88 valence electrons. The van der Waals surface area contributed by atoms with Crippen LogP contribution in [0, 0.1) is 0 Å². The molecule has 0 fully saturated rings. The summed E-state index contributed by atoms with van der Waals surface area (Å²) in [6.07, 6.45) is 0. The smallest absolute Gasteiger partial charge is 0.225 e. The highest BCUT2D eigenvalue weighted by molar-refractivity contribution is 7.90. The van der Waals surface area contributed by atoms with Gasteiger partial charge in [0.1, 0.15) is 4.90 Å². The first kappa shape index (κ1) is 12.2. The van der Waals surface area contributed by atoms with Crippen molar-refractivity contribution in [3.05, 3.63) is 48.5 Å². The molecule has 0 atom stereocenters. The number of benzene rings is 2. The van der Waals surface area contributed by atoms with Gasteiger partial charge in [0.15, 0.2) is 0 Å². The second-order valence-electron chi connectivity index (χ2n) is 3.56. The largest absolute Gasteiger partial charge is 0.239 e. The molecule has 2 rings (SSSR count). The molecule has 0 aromatic heterocycles. The van der Waals surface area contributed by atoms with Gasteiger partial charge in [-0.05, 0) is 11.6 Å². The molecular formula is C12H11NO2S2. The van der Waals surface area contributed by atoms with E-state index in [1.807, 2.05) is 30.3 Å². The molecule has 17 heavy (non-hydrogen) atoms. The summed E-state index contributed by atoms with van der Waals surface area (Å²) < 4.78 is 23.2. The maximum Gasteiger partial charge on any atom is 0.239 e. The van der Waals surface area contributed by atoms with Crippen molar-refractivity contribution in [2.24, 2.45) is 5.14 Å². The monoisotopic (exact) mass is 265 g/mol. The van der Waals surface area contributed by atoms with Crippen LogP contribution in [0.2, 0.25) is 0 Å².